The van der Waals surface area contributed by atoms with E-state index in [1.165, 1.54) is 7.11 Å². The van der Waals surface area contributed by atoms with Gasteiger partial charge in [-0.25, -0.2) is 4.79 Å². The van der Waals surface area contributed by atoms with E-state index in [0.29, 0.717) is 0 Å². The molecular weight excluding hydrogens is 288 g/mol. The average molecular weight is 305 g/mol. The Hall–Kier alpha value is -2.18. The monoisotopic (exact) mass is 305 g/mol. The van der Waals surface area contributed by atoms with Crippen molar-refractivity contribution in [3.05, 3.63) is 58.3 Å². The fraction of sp³-hybridized carbons (Fsp3) is 0.200. The number of amides is 2. The first kappa shape index (κ1) is 15.2. The van der Waals surface area contributed by atoms with Gasteiger partial charge in [-0.1, -0.05) is 36.4 Å². The molecule has 0 fully saturated rings. The summed E-state index contributed by atoms with van der Waals surface area (Å²) in [6, 6.07) is 14.0. The first-order valence-electron chi connectivity index (χ1n) is 6.50. The van der Waals surface area contributed by atoms with E-state index in [9.17, 15) is 9.59 Å². The fourth-order valence-electron chi connectivity index (χ4n) is 1.99. The number of methoxy groups -OCH3 is 1. The predicted molar refractivity (Wildman–Crippen MR) is 79.9 cm³/mol. The Bertz CT molecular complexity index is 584. The van der Waals surface area contributed by atoms with Crippen molar-refractivity contribution in [3.8, 4) is 0 Å². The van der Waals surface area contributed by atoms with Crippen LogP contribution in [0.2, 0.25) is 0 Å². The standard InChI is InChI=1S/C15H16N2O3S/c1-20-15(19)17-13(18)10-16-14(12-8-5-9-21-12)11-6-3-2-4-7-11/h2-9,14,16H,10H2,1H3,(H,17,18,19)/p+1/t14-/m0/s1. The van der Waals surface area contributed by atoms with E-state index >= 15 is 0 Å². The molecule has 0 saturated carbocycles. The van der Waals surface area contributed by atoms with Gasteiger partial charge in [-0.15, -0.1) is 11.3 Å². The maximum atomic E-state index is 11.7. The molecule has 2 aromatic rings. The molecule has 2 rings (SSSR count). The minimum Gasteiger partial charge on any atom is -0.453 e. The lowest BCUT2D eigenvalue weighted by atomic mass is 10.1. The average Bonchev–Trinajstić information content (AvgIpc) is 3.02. The van der Waals surface area contributed by atoms with Crippen molar-refractivity contribution in [1.82, 2.24) is 5.32 Å². The Kier molecular flexibility index (Phi) is 5.48. The molecule has 1 atom stereocenters. The number of alkyl carbamates (subject to hydrolysis) is 1. The molecule has 110 valence electrons. The van der Waals surface area contributed by atoms with E-state index in [2.05, 4.69) is 10.1 Å². The first-order chi connectivity index (χ1) is 10.2. The molecule has 5 nitrogen and oxygen atoms in total. The summed E-state index contributed by atoms with van der Waals surface area (Å²) in [5.74, 6) is -0.376. The van der Waals surface area contributed by atoms with Crippen molar-refractivity contribution < 1.29 is 19.6 Å². The number of benzene rings is 1. The van der Waals surface area contributed by atoms with Crippen molar-refractivity contribution in [3.63, 3.8) is 0 Å². The highest BCUT2D eigenvalue weighted by atomic mass is 32.1. The van der Waals surface area contributed by atoms with Crippen molar-refractivity contribution in [2.45, 2.75) is 6.04 Å². The van der Waals surface area contributed by atoms with Gasteiger partial charge in [-0.2, -0.15) is 0 Å². The Labute approximate surface area is 126 Å². The van der Waals surface area contributed by atoms with Gasteiger partial charge in [0.1, 0.15) is 6.04 Å². The largest absolute Gasteiger partial charge is 0.453 e. The summed E-state index contributed by atoms with van der Waals surface area (Å²) >= 11 is 1.64. The van der Waals surface area contributed by atoms with Gasteiger partial charge in [-0.3, -0.25) is 10.1 Å². The topological polar surface area (TPSA) is 72.0 Å². The zero-order valence-corrected chi connectivity index (χ0v) is 12.4. The van der Waals surface area contributed by atoms with Crippen LogP contribution in [-0.4, -0.2) is 25.7 Å². The highest BCUT2D eigenvalue weighted by Crippen LogP contribution is 2.22. The Morgan fingerprint density at radius 2 is 2.00 bits per heavy atom. The summed E-state index contributed by atoms with van der Waals surface area (Å²) in [5, 5.41) is 6.06. The molecule has 6 heteroatoms. The van der Waals surface area contributed by atoms with Crippen LogP contribution >= 0.6 is 11.3 Å². The molecule has 2 amide bonds. The van der Waals surface area contributed by atoms with Crippen molar-refractivity contribution in [2.75, 3.05) is 13.7 Å². The van der Waals surface area contributed by atoms with Crippen LogP contribution < -0.4 is 10.6 Å². The predicted octanol–water partition coefficient (Wildman–Crippen LogP) is 1.28. The van der Waals surface area contributed by atoms with Crippen LogP contribution in [0.1, 0.15) is 16.5 Å². The van der Waals surface area contributed by atoms with E-state index in [-0.39, 0.29) is 18.5 Å². The lowest BCUT2D eigenvalue weighted by Gasteiger charge is -2.14. The molecule has 0 spiro atoms. The second-order valence-corrected chi connectivity index (χ2v) is 5.36. The maximum absolute atomic E-state index is 11.7. The van der Waals surface area contributed by atoms with E-state index in [1.54, 1.807) is 11.3 Å². The second kappa shape index (κ2) is 7.56. The molecule has 0 aliphatic carbocycles. The van der Waals surface area contributed by atoms with Crippen LogP contribution in [0.3, 0.4) is 0 Å². The van der Waals surface area contributed by atoms with Crippen LogP contribution in [0.25, 0.3) is 0 Å². The molecule has 0 saturated heterocycles. The molecule has 0 aliphatic rings. The number of hydrogen-bond acceptors (Lipinski definition) is 4. The third-order valence-corrected chi connectivity index (χ3v) is 3.93. The number of carbonyl (C=O) groups excluding carboxylic acids is 2. The van der Waals surface area contributed by atoms with Gasteiger partial charge in [0.2, 0.25) is 0 Å². The number of hydrogen-bond donors (Lipinski definition) is 2. The van der Waals surface area contributed by atoms with Gasteiger partial charge in [-0.05, 0) is 11.4 Å². The summed E-state index contributed by atoms with van der Waals surface area (Å²) in [7, 11) is 1.23. The SMILES string of the molecule is COC(=O)NC(=O)C[NH2+][C@@H](c1ccccc1)c1cccs1. The quantitative estimate of drug-likeness (QED) is 0.874. The van der Waals surface area contributed by atoms with Gasteiger partial charge in [0.05, 0.1) is 12.0 Å². The molecule has 0 bridgehead atoms. The van der Waals surface area contributed by atoms with Gasteiger partial charge < -0.3 is 10.1 Å². The molecule has 0 radical (unpaired) electrons. The molecule has 0 aliphatic heterocycles. The van der Waals surface area contributed by atoms with Crippen LogP contribution in [0.5, 0.6) is 0 Å². The van der Waals surface area contributed by atoms with Crippen molar-refractivity contribution >= 4 is 23.3 Å². The van der Waals surface area contributed by atoms with Crippen LogP contribution in [0.4, 0.5) is 4.79 Å². The minimum absolute atomic E-state index is 0.0367. The molecule has 3 N–H and O–H groups in total. The Morgan fingerprint density at radius 1 is 1.24 bits per heavy atom. The van der Waals surface area contributed by atoms with Gasteiger partial charge >= 0.3 is 6.09 Å². The maximum Gasteiger partial charge on any atom is 0.413 e. The molecule has 1 aromatic carbocycles. The lowest BCUT2D eigenvalue weighted by molar-refractivity contribution is -0.676. The van der Waals surface area contributed by atoms with Gasteiger partial charge in [0.25, 0.3) is 5.91 Å². The number of carbonyl (C=O) groups is 2. The summed E-state index contributed by atoms with van der Waals surface area (Å²) in [6.07, 6.45) is -0.735. The van der Waals surface area contributed by atoms with Crippen molar-refractivity contribution in [1.29, 1.82) is 0 Å². The lowest BCUT2D eigenvalue weighted by Crippen LogP contribution is -2.87. The second-order valence-electron chi connectivity index (χ2n) is 4.38. The fourth-order valence-corrected chi connectivity index (χ4v) is 2.84. The number of ether oxygens (including phenoxy) is 1. The van der Waals surface area contributed by atoms with E-state index in [1.807, 2.05) is 53.2 Å². The summed E-state index contributed by atoms with van der Waals surface area (Å²) < 4.78 is 4.40. The normalized spacial score (nSPS) is 11.7. The van der Waals surface area contributed by atoms with E-state index in [4.69, 9.17) is 0 Å². The molecule has 0 unspecified atom stereocenters. The summed E-state index contributed by atoms with van der Waals surface area (Å²) in [4.78, 5) is 23.8. The van der Waals surface area contributed by atoms with E-state index < -0.39 is 6.09 Å². The van der Waals surface area contributed by atoms with Crippen LogP contribution in [0, 0.1) is 0 Å². The molecule has 21 heavy (non-hydrogen) atoms. The van der Waals surface area contributed by atoms with Gasteiger partial charge in [0.15, 0.2) is 6.54 Å². The third kappa shape index (κ3) is 4.40. The summed E-state index contributed by atoms with van der Waals surface area (Å²) in [5.41, 5.74) is 1.12. The number of nitrogens with one attached hydrogen (secondary N) is 1. The zero-order chi connectivity index (χ0) is 15.1. The number of imide groups is 1. The molecular formula is C15H17N2O3S+. The minimum atomic E-state index is -0.735. The summed E-state index contributed by atoms with van der Waals surface area (Å²) in [6.45, 7) is 0.145. The third-order valence-electron chi connectivity index (χ3n) is 2.97. The highest BCUT2D eigenvalue weighted by Gasteiger charge is 2.20. The van der Waals surface area contributed by atoms with Crippen LogP contribution in [0.15, 0.2) is 47.8 Å². The number of nitrogens with two attached hydrogens (primary N) is 1. The Morgan fingerprint density at radius 3 is 2.62 bits per heavy atom. The number of rotatable bonds is 5. The van der Waals surface area contributed by atoms with Crippen LogP contribution in [-0.2, 0) is 9.53 Å². The first-order valence-corrected chi connectivity index (χ1v) is 7.38. The molecule has 1 heterocycles. The van der Waals surface area contributed by atoms with Gasteiger partial charge in [0, 0.05) is 5.56 Å². The Balaban J connectivity index is 2.04. The number of thiophene rings is 1. The number of quaternary nitrogens is 1. The highest BCUT2D eigenvalue weighted by molar-refractivity contribution is 7.10. The molecule has 1 aromatic heterocycles. The zero-order valence-electron chi connectivity index (χ0n) is 11.6. The smallest absolute Gasteiger partial charge is 0.413 e. The van der Waals surface area contributed by atoms with E-state index in [0.717, 1.165) is 10.4 Å². The van der Waals surface area contributed by atoms with Crippen molar-refractivity contribution in [2.24, 2.45) is 0 Å².